The number of hydrogen-bond acceptors (Lipinski definition) is 8. The molecule has 0 radical (unpaired) electrons. The number of benzene rings is 1. The zero-order valence-corrected chi connectivity index (χ0v) is 15.7. The smallest absolute Gasteiger partial charge is 0.203 e. The number of nitrogens with one attached hydrogen (secondary N) is 1. The maximum Gasteiger partial charge on any atom is 0.203 e. The van der Waals surface area contributed by atoms with Crippen LogP contribution in [0.3, 0.4) is 0 Å². The number of hydrogen-bond donors (Lipinski definition) is 1. The number of piperazine rings is 1. The van der Waals surface area contributed by atoms with Gasteiger partial charge in [0.1, 0.15) is 18.0 Å². The van der Waals surface area contributed by atoms with Crippen LogP contribution in [-0.2, 0) is 0 Å². The van der Waals surface area contributed by atoms with E-state index in [1.807, 2.05) is 18.2 Å². The van der Waals surface area contributed by atoms with E-state index in [1.165, 1.54) is 0 Å². The molecule has 0 atom stereocenters. The Labute approximate surface area is 153 Å². The summed E-state index contributed by atoms with van der Waals surface area (Å²) in [6.07, 6.45) is 1.58. The highest BCUT2D eigenvalue weighted by Crippen LogP contribution is 2.40. The fourth-order valence-corrected chi connectivity index (χ4v) is 2.93. The van der Waals surface area contributed by atoms with Crippen LogP contribution in [-0.4, -0.2) is 69.4 Å². The summed E-state index contributed by atoms with van der Waals surface area (Å²) in [5, 5.41) is 3.29. The van der Waals surface area contributed by atoms with Crippen molar-refractivity contribution in [2.24, 2.45) is 0 Å². The zero-order chi connectivity index (χ0) is 18.5. The first kappa shape index (κ1) is 18.1. The molecule has 1 saturated heterocycles. The summed E-state index contributed by atoms with van der Waals surface area (Å²) in [4.78, 5) is 13.3. The molecule has 1 aliphatic rings. The van der Waals surface area contributed by atoms with Gasteiger partial charge in [-0.1, -0.05) is 0 Å². The van der Waals surface area contributed by atoms with Gasteiger partial charge in [-0.25, -0.2) is 9.97 Å². The van der Waals surface area contributed by atoms with Crippen molar-refractivity contribution in [1.29, 1.82) is 0 Å². The van der Waals surface area contributed by atoms with Crippen LogP contribution in [0.1, 0.15) is 0 Å². The van der Waals surface area contributed by atoms with E-state index >= 15 is 0 Å². The zero-order valence-electron chi connectivity index (χ0n) is 15.7. The van der Waals surface area contributed by atoms with Crippen molar-refractivity contribution in [2.75, 3.05) is 64.8 Å². The molecular weight excluding hydrogens is 334 g/mol. The Morgan fingerprint density at radius 3 is 2.12 bits per heavy atom. The Hall–Kier alpha value is -2.74. The van der Waals surface area contributed by atoms with Crippen LogP contribution < -0.4 is 24.4 Å². The van der Waals surface area contributed by atoms with Crippen LogP contribution in [0.5, 0.6) is 17.2 Å². The van der Waals surface area contributed by atoms with Crippen LogP contribution >= 0.6 is 0 Å². The number of anilines is 3. The lowest BCUT2D eigenvalue weighted by Gasteiger charge is -2.33. The van der Waals surface area contributed by atoms with Crippen LogP contribution in [0.4, 0.5) is 17.3 Å². The summed E-state index contributed by atoms with van der Waals surface area (Å²) in [7, 11) is 6.91. The van der Waals surface area contributed by atoms with Crippen LogP contribution in [0.15, 0.2) is 24.5 Å². The SMILES string of the molecule is COc1cc(Nc2cc(N3CCN(C)CC3)ncn2)cc(OC)c1OC. The lowest BCUT2D eigenvalue weighted by atomic mass is 10.2. The van der Waals surface area contributed by atoms with E-state index in [1.54, 1.807) is 27.7 Å². The number of nitrogens with zero attached hydrogens (tertiary/aromatic N) is 4. The van der Waals surface area contributed by atoms with E-state index in [0.29, 0.717) is 23.1 Å². The molecular formula is C18H25N5O3. The lowest BCUT2D eigenvalue weighted by Crippen LogP contribution is -2.44. The molecule has 26 heavy (non-hydrogen) atoms. The molecule has 0 unspecified atom stereocenters. The maximum absolute atomic E-state index is 5.40. The van der Waals surface area contributed by atoms with Gasteiger partial charge in [0.15, 0.2) is 11.5 Å². The third-order valence-corrected chi connectivity index (χ3v) is 4.42. The molecule has 0 saturated carbocycles. The molecule has 2 heterocycles. The fourth-order valence-electron chi connectivity index (χ4n) is 2.93. The Kier molecular flexibility index (Phi) is 5.62. The first-order chi connectivity index (χ1) is 12.6. The maximum atomic E-state index is 5.40. The number of ether oxygens (including phenoxy) is 3. The van der Waals surface area contributed by atoms with E-state index in [0.717, 1.165) is 37.7 Å². The van der Waals surface area contributed by atoms with Crippen molar-refractivity contribution in [3.8, 4) is 17.2 Å². The molecule has 2 aromatic rings. The molecule has 0 aliphatic carbocycles. The van der Waals surface area contributed by atoms with Crippen molar-refractivity contribution in [3.63, 3.8) is 0 Å². The minimum absolute atomic E-state index is 0.557. The molecule has 8 heteroatoms. The van der Waals surface area contributed by atoms with Gasteiger partial charge < -0.3 is 29.3 Å². The standard InChI is InChI=1S/C18H25N5O3/c1-22-5-7-23(8-6-22)17-11-16(19-12-20-17)21-13-9-14(24-2)18(26-4)15(10-13)25-3/h9-12H,5-8H2,1-4H3,(H,19,20,21). The topological polar surface area (TPSA) is 72.0 Å². The Bertz CT molecular complexity index is 722. The third-order valence-electron chi connectivity index (χ3n) is 4.42. The predicted molar refractivity (Wildman–Crippen MR) is 101 cm³/mol. The normalized spacial score (nSPS) is 14.8. The second kappa shape index (κ2) is 8.09. The number of aromatic nitrogens is 2. The summed E-state index contributed by atoms with van der Waals surface area (Å²) >= 11 is 0. The highest BCUT2D eigenvalue weighted by atomic mass is 16.5. The number of likely N-dealkylation sites (N-methyl/N-ethyl adjacent to an activating group) is 1. The molecule has 3 rings (SSSR count). The van der Waals surface area contributed by atoms with E-state index in [4.69, 9.17) is 14.2 Å². The van der Waals surface area contributed by atoms with Crippen molar-refractivity contribution in [1.82, 2.24) is 14.9 Å². The van der Waals surface area contributed by atoms with Gasteiger partial charge in [-0.15, -0.1) is 0 Å². The van der Waals surface area contributed by atoms with Gasteiger partial charge in [0.05, 0.1) is 21.3 Å². The molecule has 1 fully saturated rings. The van der Waals surface area contributed by atoms with Crippen molar-refractivity contribution < 1.29 is 14.2 Å². The van der Waals surface area contributed by atoms with E-state index in [-0.39, 0.29) is 0 Å². The Morgan fingerprint density at radius 2 is 1.54 bits per heavy atom. The van der Waals surface area contributed by atoms with Crippen LogP contribution in [0.2, 0.25) is 0 Å². The summed E-state index contributed by atoms with van der Waals surface area (Å²) in [6.45, 7) is 3.97. The Balaban J connectivity index is 1.82. The van der Waals surface area contributed by atoms with Gasteiger partial charge in [0, 0.05) is 50.1 Å². The minimum atomic E-state index is 0.557. The molecule has 140 valence electrons. The number of methoxy groups -OCH3 is 3. The van der Waals surface area contributed by atoms with Crippen LogP contribution in [0.25, 0.3) is 0 Å². The minimum Gasteiger partial charge on any atom is -0.493 e. The highest BCUT2D eigenvalue weighted by molar-refractivity contribution is 5.67. The predicted octanol–water partition coefficient (Wildman–Crippen LogP) is 2.00. The molecule has 1 aliphatic heterocycles. The largest absolute Gasteiger partial charge is 0.493 e. The molecule has 0 amide bonds. The summed E-state index contributed by atoms with van der Waals surface area (Å²) < 4.78 is 16.1. The van der Waals surface area contributed by atoms with Gasteiger partial charge in [0.25, 0.3) is 0 Å². The summed E-state index contributed by atoms with van der Waals surface area (Å²) in [5.41, 5.74) is 0.794. The van der Waals surface area contributed by atoms with Gasteiger partial charge in [-0.2, -0.15) is 0 Å². The highest BCUT2D eigenvalue weighted by Gasteiger charge is 2.17. The first-order valence-corrected chi connectivity index (χ1v) is 8.47. The molecule has 0 spiro atoms. The molecule has 8 nitrogen and oxygen atoms in total. The average Bonchev–Trinajstić information content (AvgIpc) is 2.68. The second-order valence-corrected chi connectivity index (χ2v) is 6.09. The van der Waals surface area contributed by atoms with Crippen LogP contribution in [0, 0.1) is 0 Å². The number of rotatable bonds is 6. The van der Waals surface area contributed by atoms with Gasteiger partial charge in [-0.3, -0.25) is 0 Å². The van der Waals surface area contributed by atoms with Crippen molar-refractivity contribution >= 4 is 17.3 Å². The van der Waals surface area contributed by atoms with Crippen molar-refractivity contribution in [3.05, 3.63) is 24.5 Å². The molecule has 1 aromatic carbocycles. The molecule has 1 N–H and O–H groups in total. The van der Waals surface area contributed by atoms with E-state index < -0.39 is 0 Å². The molecule has 1 aromatic heterocycles. The second-order valence-electron chi connectivity index (χ2n) is 6.09. The first-order valence-electron chi connectivity index (χ1n) is 8.47. The van der Waals surface area contributed by atoms with Gasteiger partial charge in [0.2, 0.25) is 5.75 Å². The Morgan fingerprint density at radius 1 is 0.885 bits per heavy atom. The van der Waals surface area contributed by atoms with Crippen molar-refractivity contribution in [2.45, 2.75) is 0 Å². The van der Waals surface area contributed by atoms with Gasteiger partial charge in [-0.05, 0) is 7.05 Å². The van der Waals surface area contributed by atoms with E-state index in [2.05, 4.69) is 32.1 Å². The van der Waals surface area contributed by atoms with E-state index in [9.17, 15) is 0 Å². The van der Waals surface area contributed by atoms with Gasteiger partial charge >= 0.3 is 0 Å². The third kappa shape index (κ3) is 3.91. The fraction of sp³-hybridized carbons (Fsp3) is 0.444. The summed E-state index contributed by atoms with van der Waals surface area (Å²) in [5.74, 6) is 3.36. The lowest BCUT2D eigenvalue weighted by molar-refractivity contribution is 0.312. The summed E-state index contributed by atoms with van der Waals surface area (Å²) in [6, 6.07) is 5.65. The quantitative estimate of drug-likeness (QED) is 0.840. The average molecular weight is 359 g/mol. The molecule has 0 bridgehead atoms. The monoisotopic (exact) mass is 359 g/mol.